The Morgan fingerprint density at radius 3 is 2.10 bits per heavy atom. The number of rotatable bonds is 5. The summed E-state index contributed by atoms with van der Waals surface area (Å²) in [6.45, 7) is 3.51. The molecule has 4 aliphatic carbocycles. The van der Waals surface area contributed by atoms with Crippen molar-refractivity contribution in [2.75, 3.05) is 6.61 Å². The third-order valence-corrected chi connectivity index (χ3v) is 5.66. The van der Waals surface area contributed by atoms with Gasteiger partial charge in [-0.3, -0.25) is 4.79 Å². The van der Waals surface area contributed by atoms with Gasteiger partial charge < -0.3 is 9.47 Å². The Kier molecular flexibility index (Phi) is 3.98. The molecule has 118 valence electrons. The monoisotopic (exact) mass is 294 g/mol. The van der Waals surface area contributed by atoms with E-state index in [-0.39, 0.29) is 30.1 Å². The van der Waals surface area contributed by atoms with Gasteiger partial charge in [-0.25, -0.2) is 4.79 Å². The SMILES string of the molecule is CCC(C)C(=O)OCC(=O)OC12CC3CC(CC(C3)C1)C2. The molecule has 1 unspecified atom stereocenters. The highest BCUT2D eigenvalue weighted by Gasteiger charge is 2.53. The average Bonchev–Trinajstić information content (AvgIpc) is 2.41. The van der Waals surface area contributed by atoms with E-state index in [9.17, 15) is 9.59 Å². The maximum absolute atomic E-state index is 12.0. The highest BCUT2D eigenvalue weighted by Crippen LogP contribution is 2.57. The first-order chi connectivity index (χ1) is 9.99. The largest absolute Gasteiger partial charge is 0.457 e. The van der Waals surface area contributed by atoms with Crippen molar-refractivity contribution >= 4 is 11.9 Å². The van der Waals surface area contributed by atoms with E-state index in [2.05, 4.69) is 0 Å². The lowest BCUT2D eigenvalue weighted by Crippen LogP contribution is -2.53. The predicted octanol–water partition coefficient (Wildman–Crippen LogP) is 3.09. The summed E-state index contributed by atoms with van der Waals surface area (Å²) in [5.74, 6) is 1.40. The maximum atomic E-state index is 12.0. The van der Waals surface area contributed by atoms with Crippen molar-refractivity contribution in [2.24, 2.45) is 23.7 Å². The van der Waals surface area contributed by atoms with Gasteiger partial charge in [-0.05, 0) is 62.7 Å². The number of hydrogen-bond donors (Lipinski definition) is 0. The molecule has 4 bridgehead atoms. The zero-order chi connectivity index (χ0) is 15.0. The van der Waals surface area contributed by atoms with Gasteiger partial charge in [-0.15, -0.1) is 0 Å². The van der Waals surface area contributed by atoms with Gasteiger partial charge in [0.2, 0.25) is 0 Å². The molecule has 0 aliphatic heterocycles. The lowest BCUT2D eigenvalue weighted by Gasteiger charge is -2.55. The summed E-state index contributed by atoms with van der Waals surface area (Å²) in [4.78, 5) is 23.7. The number of hydrogen-bond acceptors (Lipinski definition) is 4. The van der Waals surface area contributed by atoms with Crippen LogP contribution in [0.1, 0.15) is 58.8 Å². The second-order valence-electron chi connectivity index (χ2n) is 7.49. The molecule has 0 aromatic carbocycles. The van der Waals surface area contributed by atoms with E-state index >= 15 is 0 Å². The summed E-state index contributed by atoms with van der Waals surface area (Å²) < 4.78 is 10.9. The van der Waals surface area contributed by atoms with E-state index in [1.165, 1.54) is 19.3 Å². The summed E-state index contributed by atoms with van der Waals surface area (Å²) in [6.07, 6.45) is 7.74. The van der Waals surface area contributed by atoms with Crippen molar-refractivity contribution in [3.8, 4) is 0 Å². The van der Waals surface area contributed by atoms with Crippen LogP contribution in [0.25, 0.3) is 0 Å². The van der Waals surface area contributed by atoms with Crippen molar-refractivity contribution in [1.29, 1.82) is 0 Å². The average molecular weight is 294 g/mol. The summed E-state index contributed by atoms with van der Waals surface area (Å²) in [7, 11) is 0. The molecule has 0 saturated heterocycles. The molecule has 0 N–H and O–H groups in total. The van der Waals surface area contributed by atoms with E-state index in [0.29, 0.717) is 0 Å². The molecule has 0 heterocycles. The molecule has 4 nitrogen and oxygen atoms in total. The Bertz CT molecular complexity index is 393. The van der Waals surface area contributed by atoms with Gasteiger partial charge in [0, 0.05) is 0 Å². The highest BCUT2D eigenvalue weighted by molar-refractivity contribution is 5.77. The molecular formula is C17H26O4. The fourth-order valence-corrected chi connectivity index (χ4v) is 4.87. The van der Waals surface area contributed by atoms with Gasteiger partial charge in [-0.2, -0.15) is 0 Å². The van der Waals surface area contributed by atoms with Crippen LogP contribution >= 0.6 is 0 Å². The third-order valence-electron chi connectivity index (χ3n) is 5.66. The van der Waals surface area contributed by atoms with E-state index in [0.717, 1.165) is 43.4 Å². The second-order valence-corrected chi connectivity index (χ2v) is 7.49. The quantitative estimate of drug-likeness (QED) is 0.731. The van der Waals surface area contributed by atoms with Gasteiger partial charge in [-0.1, -0.05) is 13.8 Å². The molecular weight excluding hydrogens is 268 g/mol. The molecule has 0 aromatic rings. The fourth-order valence-electron chi connectivity index (χ4n) is 4.87. The Morgan fingerprint density at radius 2 is 1.62 bits per heavy atom. The fraction of sp³-hybridized carbons (Fsp3) is 0.882. The molecule has 1 atom stereocenters. The second kappa shape index (κ2) is 5.62. The smallest absolute Gasteiger partial charge is 0.344 e. The van der Waals surface area contributed by atoms with Gasteiger partial charge in [0.25, 0.3) is 0 Å². The number of esters is 2. The maximum Gasteiger partial charge on any atom is 0.344 e. The molecule has 4 rings (SSSR count). The number of ether oxygens (including phenoxy) is 2. The lowest BCUT2D eigenvalue weighted by molar-refractivity contribution is -0.192. The van der Waals surface area contributed by atoms with Crippen LogP contribution < -0.4 is 0 Å². The van der Waals surface area contributed by atoms with Crippen LogP contribution in [0.5, 0.6) is 0 Å². The molecule has 4 saturated carbocycles. The molecule has 21 heavy (non-hydrogen) atoms. The van der Waals surface area contributed by atoms with E-state index in [1.807, 2.05) is 13.8 Å². The molecule has 4 fully saturated rings. The van der Waals surface area contributed by atoms with E-state index in [4.69, 9.17) is 9.47 Å². The summed E-state index contributed by atoms with van der Waals surface area (Å²) in [5, 5.41) is 0. The lowest BCUT2D eigenvalue weighted by atomic mass is 9.54. The standard InChI is InChI=1S/C17H26O4/c1-3-11(2)16(19)20-10-15(18)21-17-7-12-4-13(8-17)6-14(5-12)9-17/h11-14H,3-10H2,1-2H3. The first kappa shape index (κ1) is 14.9. The van der Waals surface area contributed by atoms with Crippen LogP contribution in [0, 0.1) is 23.7 Å². The molecule has 0 radical (unpaired) electrons. The molecule has 0 aromatic heterocycles. The van der Waals surface area contributed by atoms with Crippen LogP contribution in [0.2, 0.25) is 0 Å². The van der Waals surface area contributed by atoms with Crippen molar-refractivity contribution < 1.29 is 19.1 Å². The Hall–Kier alpha value is -1.06. The molecule has 4 heteroatoms. The van der Waals surface area contributed by atoms with Gasteiger partial charge in [0.1, 0.15) is 5.60 Å². The van der Waals surface area contributed by atoms with Crippen molar-refractivity contribution in [2.45, 2.75) is 64.4 Å². The van der Waals surface area contributed by atoms with Crippen LogP contribution in [0.4, 0.5) is 0 Å². The van der Waals surface area contributed by atoms with E-state index < -0.39 is 0 Å². The van der Waals surface area contributed by atoms with Gasteiger partial charge >= 0.3 is 11.9 Å². The molecule has 0 amide bonds. The van der Waals surface area contributed by atoms with Crippen molar-refractivity contribution in [3.05, 3.63) is 0 Å². The van der Waals surface area contributed by atoms with Crippen molar-refractivity contribution in [1.82, 2.24) is 0 Å². The zero-order valence-corrected chi connectivity index (χ0v) is 13.1. The minimum Gasteiger partial charge on any atom is -0.457 e. The summed E-state index contributed by atoms with van der Waals surface area (Å²) in [6, 6.07) is 0. The summed E-state index contributed by atoms with van der Waals surface area (Å²) in [5.41, 5.74) is -0.241. The van der Waals surface area contributed by atoms with Crippen LogP contribution in [-0.4, -0.2) is 24.1 Å². The highest BCUT2D eigenvalue weighted by atomic mass is 16.6. The van der Waals surface area contributed by atoms with Gasteiger partial charge in [0.15, 0.2) is 6.61 Å². The zero-order valence-electron chi connectivity index (χ0n) is 13.1. The Morgan fingerprint density at radius 1 is 1.10 bits per heavy atom. The normalized spacial score (nSPS) is 38.1. The topological polar surface area (TPSA) is 52.6 Å². The molecule has 0 spiro atoms. The summed E-state index contributed by atoms with van der Waals surface area (Å²) >= 11 is 0. The first-order valence-corrected chi connectivity index (χ1v) is 8.38. The van der Waals surface area contributed by atoms with Crippen LogP contribution in [0.3, 0.4) is 0 Å². The van der Waals surface area contributed by atoms with E-state index in [1.54, 1.807) is 0 Å². The minimum absolute atomic E-state index is 0.155. The number of carbonyl (C=O) groups excluding carboxylic acids is 2. The minimum atomic E-state index is -0.367. The molecule has 4 aliphatic rings. The van der Waals surface area contributed by atoms with Crippen LogP contribution in [0.15, 0.2) is 0 Å². The predicted molar refractivity (Wildman–Crippen MR) is 77.4 cm³/mol. The van der Waals surface area contributed by atoms with Crippen molar-refractivity contribution in [3.63, 3.8) is 0 Å². The number of carbonyl (C=O) groups is 2. The Labute approximate surface area is 126 Å². The van der Waals surface area contributed by atoms with Gasteiger partial charge in [0.05, 0.1) is 5.92 Å². The third kappa shape index (κ3) is 3.09. The first-order valence-electron chi connectivity index (χ1n) is 8.38. The Balaban J connectivity index is 1.52. The van der Waals surface area contributed by atoms with Crippen LogP contribution in [-0.2, 0) is 19.1 Å².